The van der Waals surface area contributed by atoms with Crippen LogP contribution >= 0.6 is 0 Å². The molecular weight excluding hydrogens is 362 g/mol. The molecule has 9 nitrogen and oxygen atoms in total. The first kappa shape index (κ1) is 19.5. The van der Waals surface area contributed by atoms with Crippen LogP contribution in [0.2, 0.25) is 0 Å². The van der Waals surface area contributed by atoms with Crippen LogP contribution in [0.5, 0.6) is 0 Å². The van der Waals surface area contributed by atoms with Crippen LogP contribution in [0, 0.1) is 0 Å². The summed E-state index contributed by atoms with van der Waals surface area (Å²) in [5.74, 6) is -1.62. The maximum Gasteiger partial charge on any atom is 0.303 e. The first-order valence-corrected chi connectivity index (χ1v) is 9.31. The van der Waals surface area contributed by atoms with Crippen molar-refractivity contribution in [2.24, 2.45) is 0 Å². The molecule has 1 aliphatic rings. The molecule has 2 heterocycles. The van der Waals surface area contributed by atoms with E-state index in [0.717, 1.165) is 24.9 Å². The zero-order chi connectivity index (χ0) is 19.9. The highest BCUT2D eigenvalue weighted by Gasteiger charge is 2.27. The lowest BCUT2D eigenvalue weighted by molar-refractivity contribution is -0.138. The summed E-state index contributed by atoms with van der Waals surface area (Å²) in [5, 5.41) is 19.2. The molecule has 0 bridgehead atoms. The SMILES string of the molecule is O=C(O)CC[C@H](NC(=O)c1ccc(-n2cnnc2)cc1)C(=O)N1CCCCC1. The normalized spacial score (nSPS) is 15.1. The van der Waals surface area contributed by atoms with E-state index in [1.807, 2.05) is 0 Å². The van der Waals surface area contributed by atoms with Crippen molar-refractivity contribution in [2.45, 2.75) is 38.1 Å². The summed E-state index contributed by atoms with van der Waals surface area (Å²) in [7, 11) is 0. The number of hydrogen-bond donors (Lipinski definition) is 2. The molecule has 3 rings (SSSR count). The second-order valence-corrected chi connectivity index (χ2v) is 6.76. The minimum Gasteiger partial charge on any atom is -0.481 e. The Balaban J connectivity index is 1.68. The van der Waals surface area contributed by atoms with E-state index in [1.165, 1.54) is 0 Å². The summed E-state index contributed by atoms with van der Waals surface area (Å²) >= 11 is 0. The van der Waals surface area contributed by atoms with Gasteiger partial charge < -0.3 is 15.3 Å². The van der Waals surface area contributed by atoms with Crippen LogP contribution < -0.4 is 5.32 Å². The van der Waals surface area contributed by atoms with E-state index in [0.29, 0.717) is 18.7 Å². The van der Waals surface area contributed by atoms with Crippen LogP contribution in [-0.4, -0.2) is 61.7 Å². The van der Waals surface area contributed by atoms with E-state index < -0.39 is 17.9 Å². The number of hydrogen-bond acceptors (Lipinski definition) is 5. The number of carboxylic acid groups (broad SMARTS) is 1. The lowest BCUT2D eigenvalue weighted by atomic mass is 10.1. The second kappa shape index (κ2) is 9.12. The van der Waals surface area contributed by atoms with Crippen molar-refractivity contribution < 1.29 is 19.5 Å². The predicted octanol–water partition coefficient (Wildman–Crippen LogP) is 1.24. The number of likely N-dealkylation sites (tertiary alicyclic amines) is 1. The molecule has 0 aliphatic carbocycles. The van der Waals surface area contributed by atoms with Crippen LogP contribution in [0.1, 0.15) is 42.5 Å². The third kappa shape index (κ3) is 4.93. The van der Waals surface area contributed by atoms with Crippen LogP contribution in [0.15, 0.2) is 36.9 Å². The van der Waals surface area contributed by atoms with Gasteiger partial charge in [-0.25, -0.2) is 0 Å². The predicted molar refractivity (Wildman–Crippen MR) is 99.9 cm³/mol. The highest BCUT2D eigenvalue weighted by Crippen LogP contribution is 2.14. The minimum absolute atomic E-state index is 0.0647. The van der Waals surface area contributed by atoms with E-state index >= 15 is 0 Å². The lowest BCUT2D eigenvalue weighted by Gasteiger charge is -2.30. The van der Waals surface area contributed by atoms with Crippen LogP contribution in [0.25, 0.3) is 5.69 Å². The van der Waals surface area contributed by atoms with Crippen LogP contribution in [-0.2, 0) is 9.59 Å². The first-order chi connectivity index (χ1) is 13.5. The number of carboxylic acids is 1. The monoisotopic (exact) mass is 385 g/mol. The highest BCUT2D eigenvalue weighted by molar-refractivity contribution is 5.97. The molecule has 0 spiro atoms. The van der Waals surface area contributed by atoms with E-state index in [-0.39, 0.29) is 18.7 Å². The Morgan fingerprint density at radius 2 is 1.68 bits per heavy atom. The van der Waals surface area contributed by atoms with Gasteiger partial charge in [0, 0.05) is 30.8 Å². The highest BCUT2D eigenvalue weighted by atomic mass is 16.4. The molecule has 1 aliphatic heterocycles. The molecule has 1 atom stereocenters. The number of amides is 2. The lowest BCUT2D eigenvalue weighted by Crippen LogP contribution is -2.50. The Labute approximate surface area is 162 Å². The zero-order valence-corrected chi connectivity index (χ0v) is 15.5. The summed E-state index contributed by atoms with van der Waals surface area (Å²) in [4.78, 5) is 38.1. The van der Waals surface area contributed by atoms with Crippen molar-refractivity contribution in [3.63, 3.8) is 0 Å². The molecule has 28 heavy (non-hydrogen) atoms. The molecule has 1 saturated heterocycles. The van der Waals surface area contributed by atoms with E-state index in [2.05, 4.69) is 15.5 Å². The van der Waals surface area contributed by atoms with E-state index in [4.69, 9.17) is 5.11 Å². The maximum atomic E-state index is 12.8. The molecule has 9 heteroatoms. The van der Waals surface area contributed by atoms with Gasteiger partial charge >= 0.3 is 5.97 Å². The number of rotatable bonds is 7. The molecule has 2 amide bonds. The number of benzene rings is 1. The van der Waals surface area contributed by atoms with E-state index in [1.54, 1.807) is 46.4 Å². The third-order valence-electron chi connectivity index (χ3n) is 4.76. The van der Waals surface area contributed by atoms with Crippen molar-refractivity contribution in [1.82, 2.24) is 25.0 Å². The summed E-state index contributed by atoms with van der Waals surface area (Å²) in [5.41, 5.74) is 1.19. The summed E-state index contributed by atoms with van der Waals surface area (Å²) in [6.07, 6.45) is 5.91. The topological polar surface area (TPSA) is 117 Å². The van der Waals surface area contributed by atoms with Crippen LogP contribution in [0.3, 0.4) is 0 Å². The van der Waals surface area contributed by atoms with Gasteiger partial charge in [0.1, 0.15) is 18.7 Å². The molecule has 148 valence electrons. The van der Waals surface area contributed by atoms with Gasteiger partial charge in [0.25, 0.3) is 5.91 Å². The molecule has 0 unspecified atom stereocenters. The number of nitrogens with one attached hydrogen (secondary N) is 1. The van der Waals surface area contributed by atoms with Crippen molar-refractivity contribution in [3.8, 4) is 5.69 Å². The van der Waals surface area contributed by atoms with Gasteiger partial charge in [-0.1, -0.05) is 0 Å². The number of aromatic nitrogens is 3. The Hall–Kier alpha value is -3.23. The molecule has 2 aromatic rings. The molecule has 2 N–H and O–H groups in total. The molecule has 1 fully saturated rings. The maximum absolute atomic E-state index is 12.8. The number of nitrogens with zero attached hydrogens (tertiary/aromatic N) is 4. The molecular formula is C19H23N5O4. The van der Waals surface area contributed by atoms with Crippen LogP contribution in [0.4, 0.5) is 0 Å². The molecule has 0 saturated carbocycles. The van der Waals surface area contributed by atoms with Gasteiger partial charge in [-0.05, 0) is 49.9 Å². The van der Waals surface area contributed by atoms with Gasteiger partial charge in [-0.15, -0.1) is 10.2 Å². The summed E-state index contributed by atoms with van der Waals surface area (Å²) in [6.45, 7) is 1.29. The number of carbonyl (C=O) groups is 3. The van der Waals surface area contributed by atoms with Gasteiger partial charge in [-0.2, -0.15) is 0 Å². The Bertz CT molecular complexity index is 813. The van der Waals surface area contributed by atoms with Gasteiger partial charge in [0.05, 0.1) is 0 Å². The van der Waals surface area contributed by atoms with Crippen molar-refractivity contribution in [3.05, 3.63) is 42.5 Å². The average Bonchev–Trinajstić information content (AvgIpc) is 3.26. The smallest absolute Gasteiger partial charge is 0.303 e. The van der Waals surface area contributed by atoms with Crippen molar-refractivity contribution in [1.29, 1.82) is 0 Å². The fourth-order valence-electron chi connectivity index (χ4n) is 3.22. The number of aliphatic carboxylic acids is 1. The van der Waals surface area contributed by atoms with Gasteiger partial charge in [0.2, 0.25) is 5.91 Å². The van der Waals surface area contributed by atoms with Gasteiger partial charge in [-0.3, -0.25) is 19.0 Å². The summed E-state index contributed by atoms with van der Waals surface area (Å²) < 4.78 is 1.71. The quantitative estimate of drug-likeness (QED) is 0.741. The van der Waals surface area contributed by atoms with Crippen molar-refractivity contribution in [2.75, 3.05) is 13.1 Å². The molecule has 1 aromatic heterocycles. The number of carbonyl (C=O) groups excluding carboxylic acids is 2. The Kier molecular flexibility index (Phi) is 6.36. The fraction of sp³-hybridized carbons (Fsp3) is 0.421. The standard InChI is InChI=1S/C19H23N5O4/c25-17(26)9-8-16(19(28)23-10-2-1-3-11-23)22-18(27)14-4-6-15(7-5-14)24-12-20-21-13-24/h4-7,12-13,16H,1-3,8-11H2,(H,22,27)(H,25,26)/t16-/m0/s1. The minimum atomic E-state index is -0.996. The largest absolute Gasteiger partial charge is 0.481 e. The average molecular weight is 385 g/mol. The Morgan fingerprint density at radius 1 is 1.04 bits per heavy atom. The van der Waals surface area contributed by atoms with E-state index in [9.17, 15) is 14.4 Å². The number of piperidine rings is 1. The molecule has 1 aromatic carbocycles. The third-order valence-corrected chi connectivity index (χ3v) is 4.76. The zero-order valence-electron chi connectivity index (χ0n) is 15.5. The van der Waals surface area contributed by atoms with Gasteiger partial charge in [0.15, 0.2) is 0 Å². The van der Waals surface area contributed by atoms with Crippen molar-refractivity contribution >= 4 is 17.8 Å². The first-order valence-electron chi connectivity index (χ1n) is 9.31. The fourth-order valence-corrected chi connectivity index (χ4v) is 3.22. The second-order valence-electron chi connectivity index (χ2n) is 6.76. The Morgan fingerprint density at radius 3 is 2.29 bits per heavy atom. The summed E-state index contributed by atoms with van der Waals surface area (Å²) in [6, 6.07) is 5.93. The molecule has 0 radical (unpaired) electrons.